The Bertz CT molecular complexity index is 2760. The normalized spacial score (nSPS) is 11.6. The van der Waals surface area contributed by atoms with Gasteiger partial charge < -0.3 is 8.98 Å². The maximum absolute atomic E-state index is 6.58. The number of benzene rings is 7. The highest BCUT2D eigenvalue weighted by Gasteiger charge is 2.18. The number of hydrogen-bond acceptors (Lipinski definition) is 3. The molecule has 0 atom stereocenters. The first kappa shape index (κ1) is 28.3. The van der Waals surface area contributed by atoms with Gasteiger partial charge in [-0.15, -0.1) is 0 Å². The number of para-hydroxylation sites is 4. The van der Waals surface area contributed by atoms with Crippen molar-refractivity contribution < 1.29 is 4.42 Å². The van der Waals surface area contributed by atoms with Gasteiger partial charge in [-0.1, -0.05) is 133 Å². The van der Waals surface area contributed by atoms with Gasteiger partial charge in [0.2, 0.25) is 0 Å². The van der Waals surface area contributed by atoms with Crippen molar-refractivity contribution in [3.05, 3.63) is 176 Å². The van der Waals surface area contributed by atoms with Crippen molar-refractivity contribution in [3.63, 3.8) is 0 Å². The predicted octanol–water partition coefficient (Wildman–Crippen LogP) is 12.1. The Morgan fingerprint density at radius 1 is 0.400 bits per heavy atom. The van der Waals surface area contributed by atoms with E-state index in [0.29, 0.717) is 5.82 Å². The van der Waals surface area contributed by atoms with E-state index in [1.54, 1.807) is 0 Å². The summed E-state index contributed by atoms with van der Waals surface area (Å²) in [6, 6.07) is 61.4. The molecule has 0 unspecified atom stereocenters. The van der Waals surface area contributed by atoms with E-state index in [4.69, 9.17) is 14.4 Å². The van der Waals surface area contributed by atoms with Crippen molar-refractivity contribution in [1.29, 1.82) is 0 Å². The Morgan fingerprint density at radius 2 is 0.960 bits per heavy atom. The Balaban J connectivity index is 1.29. The van der Waals surface area contributed by atoms with Crippen molar-refractivity contribution >= 4 is 43.7 Å². The smallest absolute Gasteiger partial charge is 0.160 e. The van der Waals surface area contributed by atoms with Crippen LogP contribution in [0.5, 0.6) is 0 Å². The summed E-state index contributed by atoms with van der Waals surface area (Å²) in [4.78, 5) is 10.3. The van der Waals surface area contributed by atoms with E-state index < -0.39 is 0 Å². The first-order valence-corrected chi connectivity index (χ1v) is 16.8. The van der Waals surface area contributed by atoms with Crippen LogP contribution in [0.15, 0.2) is 180 Å². The SMILES string of the molecule is c1ccc(-c2cc(-c3cc(-c4cccc5c4oc4ccccc45)cc(-n4c5ccccc5c5ccccc54)c3)nc(-c3ccccc3)n2)cc1. The average Bonchev–Trinajstić information content (AvgIpc) is 3.74. The van der Waals surface area contributed by atoms with E-state index in [0.717, 1.165) is 77.9 Å². The molecule has 234 valence electrons. The average molecular weight is 640 g/mol. The van der Waals surface area contributed by atoms with E-state index in [9.17, 15) is 0 Å². The van der Waals surface area contributed by atoms with E-state index >= 15 is 0 Å². The van der Waals surface area contributed by atoms with Crippen molar-refractivity contribution in [2.24, 2.45) is 0 Å². The highest BCUT2D eigenvalue weighted by molar-refractivity contribution is 6.11. The zero-order valence-corrected chi connectivity index (χ0v) is 27.0. The van der Waals surface area contributed by atoms with Gasteiger partial charge in [-0.05, 0) is 48.0 Å². The van der Waals surface area contributed by atoms with Gasteiger partial charge in [0.15, 0.2) is 5.82 Å². The summed E-state index contributed by atoms with van der Waals surface area (Å²) in [7, 11) is 0. The second-order valence-electron chi connectivity index (χ2n) is 12.6. The predicted molar refractivity (Wildman–Crippen MR) is 205 cm³/mol. The van der Waals surface area contributed by atoms with Crippen molar-refractivity contribution in [2.45, 2.75) is 0 Å². The molecule has 50 heavy (non-hydrogen) atoms. The van der Waals surface area contributed by atoms with Crippen LogP contribution in [-0.4, -0.2) is 14.5 Å². The third-order valence-corrected chi connectivity index (χ3v) is 9.59. The van der Waals surface area contributed by atoms with E-state index in [2.05, 4.69) is 132 Å². The summed E-state index contributed by atoms with van der Waals surface area (Å²) < 4.78 is 8.94. The van der Waals surface area contributed by atoms with Gasteiger partial charge in [0, 0.05) is 49.5 Å². The van der Waals surface area contributed by atoms with Crippen LogP contribution in [0.4, 0.5) is 0 Å². The fourth-order valence-corrected chi connectivity index (χ4v) is 7.29. The minimum absolute atomic E-state index is 0.685. The molecule has 7 aromatic carbocycles. The van der Waals surface area contributed by atoms with Crippen LogP contribution in [0.25, 0.3) is 94.5 Å². The fraction of sp³-hybridized carbons (Fsp3) is 0. The Morgan fingerprint density at radius 3 is 1.68 bits per heavy atom. The number of hydrogen-bond donors (Lipinski definition) is 0. The molecule has 4 nitrogen and oxygen atoms in total. The number of aromatic nitrogens is 3. The van der Waals surface area contributed by atoms with Gasteiger partial charge in [0.1, 0.15) is 11.2 Å². The second kappa shape index (κ2) is 11.4. The molecule has 0 aliphatic carbocycles. The molecule has 0 radical (unpaired) electrons. The van der Waals surface area contributed by atoms with Gasteiger partial charge >= 0.3 is 0 Å². The molecule has 3 aromatic heterocycles. The van der Waals surface area contributed by atoms with Crippen LogP contribution in [0.3, 0.4) is 0 Å². The summed E-state index contributed by atoms with van der Waals surface area (Å²) in [6.07, 6.45) is 0. The standard InChI is InChI=1S/C46H29N3O/c1-3-14-30(15-4-1)40-29-41(48-46(47-40)31-16-5-2-6-17-31)33-26-32(35-21-13-22-39-38-20-9-12-25-44(38)50-45(35)39)27-34(28-33)49-42-23-10-7-18-36(42)37-19-8-11-24-43(37)49/h1-29H. The summed E-state index contributed by atoms with van der Waals surface area (Å²) in [5.74, 6) is 0.685. The topological polar surface area (TPSA) is 43.9 Å². The Kier molecular flexibility index (Phi) is 6.46. The fourth-order valence-electron chi connectivity index (χ4n) is 7.29. The lowest BCUT2D eigenvalue weighted by Gasteiger charge is -2.15. The van der Waals surface area contributed by atoms with Crippen LogP contribution in [-0.2, 0) is 0 Å². The molecule has 0 aliphatic rings. The number of fused-ring (bicyclic) bond motifs is 6. The molecular formula is C46H29N3O. The van der Waals surface area contributed by atoms with Crippen LogP contribution in [0.2, 0.25) is 0 Å². The molecule has 10 aromatic rings. The third-order valence-electron chi connectivity index (χ3n) is 9.59. The minimum Gasteiger partial charge on any atom is -0.455 e. The van der Waals surface area contributed by atoms with Crippen LogP contribution >= 0.6 is 0 Å². The number of nitrogens with zero attached hydrogens (tertiary/aromatic N) is 3. The van der Waals surface area contributed by atoms with Gasteiger partial charge in [0.25, 0.3) is 0 Å². The quantitative estimate of drug-likeness (QED) is 0.188. The van der Waals surface area contributed by atoms with Gasteiger partial charge in [-0.3, -0.25) is 0 Å². The molecule has 4 heteroatoms. The first-order chi connectivity index (χ1) is 24.8. The second-order valence-corrected chi connectivity index (χ2v) is 12.6. The van der Waals surface area contributed by atoms with Crippen molar-refractivity contribution in [1.82, 2.24) is 14.5 Å². The highest BCUT2D eigenvalue weighted by atomic mass is 16.3. The molecule has 0 saturated carbocycles. The van der Waals surface area contributed by atoms with E-state index in [1.807, 2.05) is 48.5 Å². The minimum atomic E-state index is 0.685. The van der Waals surface area contributed by atoms with Gasteiger partial charge in [-0.2, -0.15) is 0 Å². The van der Waals surface area contributed by atoms with Crippen LogP contribution in [0.1, 0.15) is 0 Å². The van der Waals surface area contributed by atoms with Crippen molar-refractivity contribution in [2.75, 3.05) is 0 Å². The van der Waals surface area contributed by atoms with Gasteiger partial charge in [-0.25, -0.2) is 9.97 Å². The molecule has 3 heterocycles. The van der Waals surface area contributed by atoms with Gasteiger partial charge in [0.05, 0.1) is 22.4 Å². The van der Waals surface area contributed by atoms with E-state index in [1.165, 1.54) is 10.8 Å². The lowest BCUT2D eigenvalue weighted by atomic mass is 9.97. The van der Waals surface area contributed by atoms with Crippen molar-refractivity contribution in [3.8, 4) is 50.7 Å². The molecule has 0 bridgehead atoms. The zero-order chi connectivity index (χ0) is 33.0. The maximum Gasteiger partial charge on any atom is 0.160 e. The molecule has 0 spiro atoms. The first-order valence-electron chi connectivity index (χ1n) is 16.8. The summed E-state index contributed by atoms with van der Waals surface area (Å²) in [5.41, 5.74) is 11.9. The summed E-state index contributed by atoms with van der Waals surface area (Å²) in [5, 5.41) is 4.64. The zero-order valence-electron chi connectivity index (χ0n) is 27.0. The van der Waals surface area contributed by atoms with Crippen LogP contribution < -0.4 is 0 Å². The number of furan rings is 1. The van der Waals surface area contributed by atoms with E-state index in [-0.39, 0.29) is 0 Å². The summed E-state index contributed by atoms with van der Waals surface area (Å²) in [6.45, 7) is 0. The Labute approximate surface area is 288 Å². The Hall–Kier alpha value is -6.78. The highest BCUT2D eigenvalue weighted by Crippen LogP contribution is 2.40. The molecule has 0 saturated heterocycles. The summed E-state index contributed by atoms with van der Waals surface area (Å²) >= 11 is 0. The molecular weight excluding hydrogens is 611 g/mol. The number of rotatable bonds is 5. The molecule has 0 fully saturated rings. The maximum atomic E-state index is 6.58. The molecule has 0 N–H and O–H groups in total. The van der Waals surface area contributed by atoms with Crippen LogP contribution in [0, 0.1) is 0 Å². The molecule has 0 aliphatic heterocycles. The largest absolute Gasteiger partial charge is 0.455 e. The monoisotopic (exact) mass is 639 g/mol. The molecule has 10 rings (SSSR count). The lowest BCUT2D eigenvalue weighted by molar-refractivity contribution is 0.670. The third kappa shape index (κ3) is 4.61. The lowest BCUT2D eigenvalue weighted by Crippen LogP contribution is -1.99. The molecule has 0 amide bonds.